The summed E-state index contributed by atoms with van der Waals surface area (Å²) < 4.78 is 52.9. The number of halogens is 5. The molecule has 0 radical (unpaired) electrons. The van der Waals surface area contributed by atoms with Gasteiger partial charge in [0, 0.05) is 31.4 Å². The molecule has 2 aromatic rings. The van der Waals surface area contributed by atoms with E-state index in [9.17, 15) is 22.4 Å². The van der Waals surface area contributed by atoms with E-state index in [2.05, 4.69) is 27.8 Å². The predicted octanol–water partition coefficient (Wildman–Crippen LogP) is 5.06. The molecule has 1 saturated heterocycles. The molecule has 6 nitrogen and oxygen atoms in total. The summed E-state index contributed by atoms with van der Waals surface area (Å²) >= 11 is 0. The molecular weight excluding hydrogens is 462 g/mol. The number of hydrogen-bond acceptors (Lipinski definition) is 5. The number of nitrogens with zero attached hydrogens (tertiary/aromatic N) is 3. The minimum Gasteiger partial charge on any atom is -0.382 e. The van der Waals surface area contributed by atoms with Gasteiger partial charge in [0.2, 0.25) is 0 Å². The number of carbonyl (C=O) groups is 1. The van der Waals surface area contributed by atoms with Crippen LogP contribution in [-0.4, -0.2) is 41.8 Å². The van der Waals surface area contributed by atoms with Crippen LogP contribution >= 0.6 is 12.4 Å². The second-order valence-corrected chi connectivity index (χ2v) is 7.83. The van der Waals surface area contributed by atoms with Gasteiger partial charge in [-0.2, -0.15) is 13.2 Å². The van der Waals surface area contributed by atoms with Crippen molar-refractivity contribution in [2.24, 2.45) is 0 Å². The molecule has 2 N–H and O–H groups in total. The van der Waals surface area contributed by atoms with Gasteiger partial charge in [0.05, 0.1) is 5.56 Å². The van der Waals surface area contributed by atoms with Crippen LogP contribution in [0.25, 0.3) is 0 Å². The van der Waals surface area contributed by atoms with Crippen molar-refractivity contribution in [2.45, 2.75) is 51.2 Å². The quantitative estimate of drug-likeness (QED) is 0.401. The molecule has 0 saturated carbocycles. The standard InChI is InChI=1S/C22H27F4N5O.ClH/c1-2-3-4-11-27-21(32)19-7-8-20(30-29-19)31-12-9-16(10-13-31)28-18-6-5-15(23)14-17(18)22(24,25)26;/h5-8,14,16,28H,2-4,9-13H2,1H3,(H,27,32);1H. The monoisotopic (exact) mass is 489 g/mol. The maximum atomic E-state index is 13.3. The summed E-state index contributed by atoms with van der Waals surface area (Å²) in [6.07, 6.45) is -0.436. The molecule has 1 aliphatic rings. The average Bonchev–Trinajstić information content (AvgIpc) is 2.78. The smallest absolute Gasteiger partial charge is 0.382 e. The molecule has 1 aromatic carbocycles. The van der Waals surface area contributed by atoms with E-state index in [1.54, 1.807) is 12.1 Å². The van der Waals surface area contributed by atoms with E-state index in [1.165, 1.54) is 0 Å². The molecule has 0 spiro atoms. The molecule has 1 aromatic heterocycles. The highest BCUT2D eigenvalue weighted by atomic mass is 35.5. The third-order valence-electron chi connectivity index (χ3n) is 5.41. The minimum absolute atomic E-state index is 0. The number of unbranched alkanes of at least 4 members (excludes halogenated alkanes) is 2. The summed E-state index contributed by atoms with van der Waals surface area (Å²) in [7, 11) is 0. The van der Waals surface area contributed by atoms with Crippen LogP contribution < -0.4 is 15.5 Å². The van der Waals surface area contributed by atoms with Gasteiger partial charge in [0.15, 0.2) is 11.5 Å². The second kappa shape index (κ2) is 12.0. The van der Waals surface area contributed by atoms with Crippen molar-refractivity contribution in [2.75, 3.05) is 29.9 Å². The summed E-state index contributed by atoms with van der Waals surface area (Å²) in [6, 6.07) is 5.82. The Morgan fingerprint density at radius 1 is 1.12 bits per heavy atom. The van der Waals surface area contributed by atoms with Crippen molar-refractivity contribution in [3.63, 3.8) is 0 Å². The summed E-state index contributed by atoms with van der Waals surface area (Å²) in [6.45, 7) is 3.82. The van der Waals surface area contributed by atoms with Crippen molar-refractivity contribution in [1.29, 1.82) is 0 Å². The molecular formula is C22H28ClF4N5O. The third kappa shape index (κ3) is 7.45. The topological polar surface area (TPSA) is 70.2 Å². The van der Waals surface area contributed by atoms with Crippen molar-refractivity contribution >= 4 is 29.8 Å². The van der Waals surface area contributed by atoms with Gasteiger partial charge in [-0.25, -0.2) is 4.39 Å². The largest absolute Gasteiger partial charge is 0.418 e. The molecule has 0 aliphatic carbocycles. The van der Waals surface area contributed by atoms with E-state index in [1.807, 2.05) is 4.90 Å². The first-order valence-electron chi connectivity index (χ1n) is 10.8. The first kappa shape index (κ1) is 26.6. The fraction of sp³-hybridized carbons (Fsp3) is 0.500. The van der Waals surface area contributed by atoms with E-state index >= 15 is 0 Å². The van der Waals surface area contributed by atoms with Gasteiger partial charge in [-0.15, -0.1) is 22.6 Å². The Kier molecular flexibility index (Phi) is 9.70. The van der Waals surface area contributed by atoms with E-state index in [0.29, 0.717) is 44.4 Å². The lowest BCUT2D eigenvalue weighted by molar-refractivity contribution is -0.137. The average molecular weight is 490 g/mol. The maximum Gasteiger partial charge on any atom is 0.418 e. The number of benzene rings is 1. The second-order valence-electron chi connectivity index (χ2n) is 7.83. The van der Waals surface area contributed by atoms with E-state index in [0.717, 1.165) is 31.4 Å². The van der Waals surface area contributed by atoms with Crippen LogP contribution in [0.15, 0.2) is 30.3 Å². The van der Waals surface area contributed by atoms with Crippen LogP contribution in [0.3, 0.4) is 0 Å². The molecule has 0 atom stereocenters. The molecule has 0 bridgehead atoms. The minimum atomic E-state index is -4.63. The Bertz CT molecular complexity index is 903. The summed E-state index contributed by atoms with van der Waals surface area (Å²) in [5.74, 6) is -0.569. The van der Waals surface area contributed by atoms with Gasteiger partial charge >= 0.3 is 6.18 Å². The van der Waals surface area contributed by atoms with Gasteiger partial charge in [-0.3, -0.25) is 4.79 Å². The van der Waals surface area contributed by atoms with Gasteiger partial charge in [0.25, 0.3) is 5.91 Å². The summed E-state index contributed by atoms with van der Waals surface area (Å²) in [5.41, 5.74) is -0.876. The first-order valence-corrected chi connectivity index (χ1v) is 10.8. The number of piperidine rings is 1. The van der Waals surface area contributed by atoms with E-state index in [-0.39, 0.29) is 35.7 Å². The number of alkyl halides is 3. The normalized spacial score (nSPS) is 14.5. The zero-order chi connectivity index (χ0) is 23.1. The molecule has 2 heterocycles. The Morgan fingerprint density at radius 3 is 2.45 bits per heavy atom. The van der Waals surface area contributed by atoms with E-state index < -0.39 is 17.6 Å². The van der Waals surface area contributed by atoms with Crippen LogP contribution in [0, 0.1) is 5.82 Å². The first-order chi connectivity index (χ1) is 15.3. The predicted molar refractivity (Wildman–Crippen MR) is 121 cm³/mol. The molecule has 182 valence electrons. The number of amides is 1. The van der Waals surface area contributed by atoms with Gasteiger partial charge in [-0.1, -0.05) is 19.8 Å². The Balaban J connectivity index is 0.00000385. The summed E-state index contributed by atoms with van der Waals surface area (Å²) in [5, 5.41) is 13.9. The Morgan fingerprint density at radius 2 is 1.85 bits per heavy atom. The molecule has 1 fully saturated rings. The van der Waals surface area contributed by atoms with E-state index in [4.69, 9.17) is 0 Å². The molecule has 11 heteroatoms. The highest BCUT2D eigenvalue weighted by molar-refractivity contribution is 5.92. The van der Waals surface area contributed by atoms with Crippen LogP contribution in [-0.2, 0) is 6.18 Å². The van der Waals surface area contributed by atoms with Crippen molar-refractivity contribution in [3.8, 4) is 0 Å². The van der Waals surface area contributed by atoms with Crippen molar-refractivity contribution in [1.82, 2.24) is 15.5 Å². The van der Waals surface area contributed by atoms with Gasteiger partial charge < -0.3 is 15.5 Å². The summed E-state index contributed by atoms with van der Waals surface area (Å²) in [4.78, 5) is 14.1. The lowest BCUT2D eigenvalue weighted by atomic mass is 10.0. The number of rotatable bonds is 8. The van der Waals surface area contributed by atoms with Gasteiger partial charge in [0.1, 0.15) is 5.82 Å². The number of carbonyl (C=O) groups excluding carboxylic acids is 1. The van der Waals surface area contributed by atoms with Crippen LogP contribution in [0.5, 0.6) is 0 Å². The van der Waals surface area contributed by atoms with Crippen LogP contribution in [0.4, 0.5) is 29.1 Å². The van der Waals surface area contributed by atoms with Crippen molar-refractivity contribution < 1.29 is 22.4 Å². The molecule has 3 rings (SSSR count). The Hall–Kier alpha value is -2.62. The highest BCUT2D eigenvalue weighted by Gasteiger charge is 2.34. The fourth-order valence-electron chi connectivity index (χ4n) is 3.63. The third-order valence-corrected chi connectivity index (χ3v) is 5.41. The lowest BCUT2D eigenvalue weighted by Gasteiger charge is -2.33. The zero-order valence-corrected chi connectivity index (χ0v) is 19.1. The lowest BCUT2D eigenvalue weighted by Crippen LogP contribution is -2.40. The fourth-order valence-corrected chi connectivity index (χ4v) is 3.63. The SMILES string of the molecule is CCCCCNC(=O)c1ccc(N2CCC(Nc3ccc(F)cc3C(F)(F)F)CC2)nn1.Cl. The number of anilines is 2. The van der Waals surface area contributed by atoms with Crippen LogP contribution in [0.2, 0.25) is 0 Å². The number of hydrogen-bond donors (Lipinski definition) is 2. The number of aromatic nitrogens is 2. The number of nitrogens with one attached hydrogen (secondary N) is 2. The maximum absolute atomic E-state index is 13.3. The molecule has 33 heavy (non-hydrogen) atoms. The molecule has 0 unspecified atom stereocenters. The van der Waals surface area contributed by atoms with Gasteiger partial charge in [-0.05, 0) is 49.6 Å². The van der Waals surface area contributed by atoms with Crippen molar-refractivity contribution in [3.05, 3.63) is 47.4 Å². The molecule has 1 aliphatic heterocycles. The Labute approximate surface area is 196 Å². The highest BCUT2D eigenvalue weighted by Crippen LogP contribution is 2.36. The molecule has 1 amide bonds. The van der Waals surface area contributed by atoms with Crippen LogP contribution in [0.1, 0.15) is 55.1 Å². The zero-order valence-electron chi connectivity index (χ0n) is 18.3.